The maximum Gasteiger partial charge on any atom is 0.264 e. The first kappa shape index (κ1) is 17.7. The van der Waals surface area contributed by atoms with Crippen LogP contribution in [0.5, 0.6) is 0 Å². The highest BCUT2D eigenvalue weighted by Crippen LogP contribution is 2.19. The largest absolute Gasteiger partial charge is 0.349 e. The molecule has 23 heavy (non-hydrogen) atoms. The molecule has 0 bridgehead atoms. The summed E-state index contributed by atoms with van der Waals surface area (Å²) in [4.78, 5) is 11.7. The second-order valence-electron chi connectivity index (χ2n) is 5.69. The lowest BCUT2D eigenvalue weighted by atomic mass is 10.1. The summed E-state index contributed by atoms with van der Waals surface area (Å²) in [5.41, 5.74) is -0.322. The van der Waals surface area contributed by atoms with E-state index in [1.165, 1.54) is 24.3 Å². The maximum absolute atomic E-state index is 12.3. The standard InChI is InChI=1S/C13H15Cl2N5O2S/c1-13(2,3)19-11-16-10(15)17-12(18-11)20-23(21,22)9-6-4-8(14)5-7-9/h4-7H,1-3H3,(H2,16,17,18,19,20). The normalized spacial score (nSPS) is 12.0. The molecule has 124 valence electrons. The van der Waals surface area contributed by atoms with E-state index in [4.69, 9.17) is 23.2 Å². The maximum atomic E-state index is 12.3. The summed E-state index contributed by atoms with van der Waals surface area (Å²) in [6.07, 6.45) is 0. The van der Waals surface area contributed by atoms with Gasteiger partial charge in [-0.25, -0.2) is 13.1 Å². The van der Waals surface area contributed by atoms with E-state index in [1.807, 2.05) is 20.8 Å². The van der Waals surface area contributed by atoms with Crippen LogP contribution in [0.3, 0.4) is 0 Å². The van der Waals surface area contributed by atoms with E-state index in [9.17, 15) is 8.42 Å². The summed E-state index contributed by atoms with van der Waals surface area (Å²) in [6.45, 7) is 5.72. The van der Waals surface area contributed by atoms with Crippen molar-refractivity contribution in [2.45, 2.75) is 31.2 Å². The van der Waals surface area contributed by atoms with Crippen LogP contribution in [0, 0.1) is 0 Å². The van der Waals surface area contributed by atoms with E-state index >= 15 is 0 Å². The number of aromatic nitrogens is 3. The van der Waals surface area contributed by atoms with Crippen molar-refractivity contribution < 1.29 is 8.42 Å². The fourth-order valence-corrected chi connectivity index (χ4v) is 2.81. The summed E-state index contributed by atoms with van der Waals surface area (Å²) in [5.74, 6) is -0.00185. The molecule has 7 nitrogen and oxygen atoms in total. The van der Waals surface area contributed by atoms with Gasteiger partial charge in [0.05, 0.1) is 4.90 Å². The molecule has 0 atom stereocenters. The first-order valence-corrected chi connectivity index (χ1v) is 8.77. The molecule has 0 unspecified atom stereocenters. The van der Waals surface area contributed by atoms with Gasteiger partial charge in [0.25, 0.3) is 10.0 Å². The van der Waals surface area contributed by atoms with Crippen molar-refractivity contribution in [3.05, 3.63) is 34.6 Å². The highest BCUT2D eigenvalue weighted by Gasteiger charge is 2.18. The van der Waals surface area contributed by atoms with Crippen LogP contribution in [0.1, 0.15) is 20.8 Å². The fraction of sp³-hybridized carbons (Fsp3) is 0.308. The predicted molar refractivity (Wildman–Crippen MR) is 90.5 cm³/mol. The first-order valence-electron chi connectivity index (χ1n) is 6.53. The third kappa shape index (κ3) is 5.19. The van der Waals surface area contributed by atoms with Gasteiger partial charge >= 0.3 is 0 Å². The average Bonchev–Trinajstić information content (AvgIpc) is 2.35. The van der Waals surface area contributed by atoms with Crippen molar-refractivity contribution in [2.24, 2.45) is 0 Å². The van der Waals surface area contributed by atoms with Crippen LogP contribution < -0.4 is 10.0 Å². The lowest BCUT2D eigenvalue weighted by molar-refractivity contribution is 0.600. The van der Waals surface area contributed by atoms with Crippen LogP contribution in [0.2, 0.25) is 10.3 Å². The molecule has 0 aliphatic heterocycles. The van der Waals surface area contributed by atoms with Crippen LogP contribution in [0.4, 0.5) is 11.9 Å². The van der Waals surface area contributed by atoms with Crippen LogP contribution in [-0.2, 0) is 10.0 Å². The number of halogens is 2. The zero-order valence-corrected chi connectivity index (χ0v) is 15.0. The number of hydrogen-bond donors (Lipinski definition) is 2. The quantitative estimate of drug-likeness (QED) is 0.851. The molecule has 2 N–H and O–H groups in total. The number of nitrogens with one attached hydrogen (secondary N) is 2. The predicted octanol–water partition coefficient (Wildman–Crippen LogP) is 3.19. The smallest absolute Gasteiger partial charge is 0.264 e. The van der Waals surface area contributed by atoms with Crippen molar-refractivity contribution in [1.29, 1.82) is 0 Å². The minimum atomic E-state index is -3.86. The van der Waals surface area contributed by atoms with Gasteiger partial charge in [-0.05, 0) is 56.6 Å². The van der Waals surface area contributed by atoms with Gasteiger partial charge in [0.2, 0.25) is 17.2 Å². The second-order valence-corrected chi connectivity index (χ2v) is 8.14. The number of anilines is 2. The average molecular weight is 376 g/mol. The summed E-state index contributed by atoms with van der Waals surface area (Å²) >= 11 is 11.6. The molecule has 0 fully saturated rings. The number of sulfonamides is 1. The Hall–Kier alpha value is -1.64. The molecule has 1 heterocycles. The molecular formula is C13H15Cl2N5O2S. The van der Waals surface area contributed by atoms with Gasteiger partial charge in [-0.15, -0.1) is 0 Å². The molecule has 1 aromatic heterocycles. The molecule has 1 aromatic carbocycles. The fourth-order valence-electron chi connectivity index (χ4n) is 1.58. The van der Waals surface area contributed by atoms with Gasteiger partial charge in [-0.3, -0.25) is 0 Å². The molecule has 0 aliphatic rings. The van der Waals surface area contributed by atoms with Crippen LogP contribution in [0.25, 0.3) is 0 Å². The summed E-state index contributed by atoms with van der Waals surface area (Å²) in [5, 5.41) is 3.31. The van der Waals surface area contributed by atoms with E-state index < -0.39 is 10.0 Å². The molecular weight excluding hydrogens is 361 g/mol. The van der Waals surface area contributed by atoms with Gasteiger partial charge in [0.15, 0.2) is 0 Å². The summed E-state index contributed by atoms with van der Waals surface area (Å²) in [7, 11) is -3.86. The SMILES string of the molecule is CC(C)(C)Nc1nc(Cl)nc(NS(=O)(=O)c2ccc(Cl)cc2)n1. The summed E-state index contributed by atoms with van der Waals surface area (Å²) < 4.78 is 26.9. The molecule has 0 radical (unpaired) electrons. The Morgan fingerprint density at radius 3 is 2.09 bits per heavy atom. The summed E-state index contributed by atoms with van der Waals surface area (Å²) in [6, 6.07) is 5.70. The van der Waals surface area contributed by atoms with Crippen molar-refractivity contribution in [3.63, 3.8) is 0 Å². The van der Waals surface area contributed by atoms with Crippen LogP contribution in [-0.4, -0.2) is 28.9 Å². The van der Waals surface area contributed by atoms with Gasteiger partial charge in [-0.1, -0.05) is 11.6 Å². The molecule has 2 rings (SSSR count). The number of hydrogen-bond acceptors (Lipinski definition) is 6. The van der Waals surface area contributed by atoms with E-state index in [-0.39, 0.29) is 27.6 Å². The Morgan fingerprint density at radius 1 is 0.957 bits per heavy atom. The molecule has 0 amide bonds. The molecule has 0 saturated carbocycles. The molecule has 0 aliphatic carbocycles. The van der Waals surface area contributed by atoms with Crippen molar-refractivity contribution in [3.8, 4) is 0 Å². The highest BCUT2D eigenvalue weighted by atomic mass is 35.5. The van der Waals surface area contributed by atoms with E-state index in [2.05, 4.69) is 25.0 Å². The third-order valence-electron chi connectivity index (χ3n) is 2.44. The molecule has 0 spiro atoms. The van der Waals surface area contributed by atoms with E-state index in [1.54, 1.807) is 0 Å². The molecule has 10 heteroatoms. The number of rotatable bonds is 4. The zero-order valence-electron chi connectivity index (χ0n) is 12.6. The Labute approximate surface area is 144 Å². The lowest BCUT2D eigenvalue weighted by Gasteiger charge is -2.20. The number of benzene rings is 1. The van der Waals surface area contributed by atoms with Crippen molar-refractivity contribution in [1.82, 2.24) is 15.0 Å². The zero-order chi connectivity index (χ0) is 17.3. The Kier molecular flexibility index (Phi) is 4.98. The Morgan fingerprint density at radius 2 is 1.52 bits per heavy atom. The second kappa shape index (κ2) is 6.46. The molecule has 2 aromatic rings. The minimum Gasteiger partial charge on any atom is -0.349 e. The van der Waals surface area contributed by atoms with Crippen molar-refractivity contribution in [2.75, 3.05) is 10.0 Å². The lowest BCUT2D eigenvalue weighted by Crippen LogP contribution is -2.28. The Balaban J connectivity index is 2.30. The monoisotopic (exact) mass is 375 g/mol. The van der Waals surface area contributed by atoms with Gasteiger partial charge in [-0.2, -0.15) is 15.0 Å². The number of nitrogens with zero attached hydrogens (tertiary/aromatic N) is 3. The minimum absolute atomic E-state index is 0.0313. The van der Waals surface area contributed by atoms with Crippen LogP contribution in [0.15, 0.2) is 29.2 Å². The Bertz CT molecular complexity index is 804. The van der Waals surface area contributed by atoms with E-state index in [0.717, 1.165) is 0 Å². The van der Waals surface area contributed by atoms with Crippen molar-refractivity contribution >= 4 is 45.1 Å². The van der Waals surface area contributed by atoms with Gasteiger partial charge in [0.1, 0.15) is 0 Å². The van der Waals surface area contributed by atoms with Gasteiger partial charge < -0.3 is 5.32 Å². The van der Waals surface area contributed by atoms with Gasteiger partial charge in [0, 0.05) is 10.6 Å². The topological polar surface area (TPSA) is 96.9 Å². The van der Waals surface area contributed by atoms with E-state index in [0.29, 0.717) is 5.02 Å². The third-order valence-corrected chi connectivity index (χ3v) is 4.21. The highest BCUT2D eigenvalue weighted by molar-refractivity contribution is 7.92. The van der Waals surface area contributed by atoms with Crippen LogP contribution >= 0.6 is 23.2 Å². The first-order chi connectivity index (χ1) is 10.5. The molecule has 0 saturated heterocycles.